The van der Waals surface area contributed by atoms with Crippen molar-refractivity contribution in [2.24, 2.45) is 0 Å². The lowest BCUT2D eigenvalue weighted by Crippen LogP contribution is -1.87. The van der Waals surface area contributed by atoms with Crippen LogP contribution in [0.5, 0.6) is 0 Å². The summed E-state index contributed by atoms with van der Waals surface area (Å²) in [6, 6.07) is 22.3. The highest BCUT2D eigenvalue weighted by Crippen LogP contribution is 2.51. The molecule has 1 aliphatic rings. The zero-order valence-corrected chi connectivity index (χ0v) is 12.8. The summed E-state index contributed by atoms with van der Waals surface area (Å²) in [5, 5.41) is 5.56. The Balaban J connectivity index is 2.16. The molecular weight excluding hydrogens is 264 g/mol. The van der Waals surface area contributed by atoms with E-state index in [4.69, 9.17) is 0 Å². The van der Waals surface area contributed by atoms with Crippen molar-refractivity contribution in [2.75, 3.05) is 0 Å². The lowest BCUT2D eigenvalue weighted by molar-refractivity contribution is 1.44. The number of hydrogen-bond donors (Lipinski definition) is 0. The standard InChI is InChI=1S/C22H16/c1-13-11-14(2)21-18-10-6-5-9-17(18)19-12-15-7-3-4-8-16(15)20(13)22(19)21/h3-12H,1-2H3. The minimum absolute atomic E-state index is 1.33. The normalized spacial score (nSPS) is 12.1. The Hall–Kier alpha value is -2.60. The third kappa shape index (κ3) is 1.33. The molecule has 0 bridgehead atoms. The Labute approximate surface area is 130 Å². The van der Waals surface area contributed by atoms with E-state index in [1.54, 1.807) is 0 Å². The van der Waals surface area contributed by atoms with Gasteiger partial charge in [0.15, 0.2) is 0 Å². The molecular formula is C22H16. The second-order valence-corrected chi connectivity index (χ2v) is 6.33. The Morgan fingerprint density at radius 2 is 1.32 bits per heavy atom. The van der Waals surface area contributed by atoms with Gasteiger partial charge < -0.3 is 0 Å². The van der Waals surface area contributed by atoms with Gasteiger partial charge >= 0.3 is 0 Å². The van der Waals surface area contributed by atoms with Crippen LogP contribution in [-0.2, 0) is 0 Å². The van der Waals surface area contributed by atoms with E-state index in [9.17, 15) is 0 Å². The van der Waals surface area contributed by atoms with Gasteiger partial charge in [0.05, 0.1) is 0 Å². The molecule has 0 heteroatoms. The molecule has 4 aromatic rings. The Bertz CT molecular complexity index is 1080. The number of rotatable bonds is 0. The van der Waals surface area contributed by atoms with Crippen LogP contribution < -0.4 is 0 Å². The van der Waals surface area contributed by atoms with Gasteiger partial charge in [-0.2, -0.15) is 0 Å². The van der Waals surface area contributed by atoms with Gasteiger partial charge in [-0.25, -0.2) is 0 Å². The lowest BCUT2D eigenvalue weighted by atomic mass is 9.91. The summed E-state index contributed by atoms with van der Waals surface area (Å²) in [5.41, 5.74) is 8.34. The molecule has 0 heterocycles. The first-order valence-electron chi connectivity index (χ1n) is 7.81. The SMILES string of the molecule is Cc1cc(C)c2c3c(cc4ccccc42)-c2ccccc2-c13. The maximum atomic E-state index is 2.37. The molecule has 0 radical (unpaired) electrons. The summed E-state index contributed by atoms with van der Waals surface area (Å²) in [6.45, 7) is 4.48. The minimum atomic E-state index is 1.33. The molecule has 1 aliphatic carbocycles. The largest absolute Gasteiger partial charge is 0.0616 e. The molecule has 0 unspecified atom stereocenters. The van der Waals surface area contributed by atoms with Crippen molar-refractivity contribution in [3.63, 3.8) is 0 Å². The third-order valence-corrected chi connectivity index (χ3v) is 5.01. The molecule has 0 atom stereocenters. The van der Waals surface area contributed by atoms with Crippen molar-refractivity contribution in [1.29, 1.82) is 0 Å². The predicted octanol–water partition coefficient (Wildman–Crippen LogP) is 6.26. The van der Waals surface area contributed by atoms with Gasteiger partial charge in [-0.3, -0.25) is 0 Å². The minimum Gasteiger partial charge on any atom is -0.0616 e. The first-order valence-corrected chi connectivity index (χ1v) is 7.81. The van der Waals surface area contributed by atoms with Crippen LogP contribution in [0.25, 0.3) is 43.8 Å². The maximum Gasteiger partial charge on any atom is -0.00146 e. The molecule has 0 amide bonds. The van der Waals surface area contributed by atoms with E-state index in [0.717, 1.165) is 0 Å². The summed E-state index contributed by atoms with van der Waals surface area (Å²) in [6.07, 6.45) is 0. The Morgan fingerprint density at radius 3 is 2.18 bits per heavy atom. The topological polar surface area (TPSA) is 0 Å². The highest BCUT2D eigenvalue weighted by atomic mass is 14.3. The molecule has 0 aliphatic heterocycles. The predicted molar refractivity (Wildman–Crippen MR) is 95.4 cm³/mol. The zero-order valence-electron chi connectivity index (χ0n) is 12.8. The Morgan fingerprint density at radius 1 is 0.591 bits per heavy atom. The lowest BCUT2D eigenvalue weighted by Gasteiger charge is -2.12. The Kier molecular flexibility index (Phi) is 2.17. The highest BCUT2D eigenvalue weighted by Gasteiger charge is 2.24. The van der Waals surface area contributed by atoms with Crippen molar-refractivity contribution in [1.82, 2.24) is 0 Å². The first kappa shape index (κ1) is 12.0. The van der Waals surface area contributed by atoms with E-state index in [1.165, 1.54) is 54.9 Å². The molecule has 22 heavy (non-hydrogen) atoms. The second-order valence-electron chi connectivity index (χ2n) is 6.33. The van der Waals surface area contributed by atoms with E-state index >= 15 is 0 Å². The summed E-state index contributed by atoms with van der Waals surface area (Å²) >= 11 is 0. The van der Waals surface area contributed by atoms with Crippen LogP contribution >= 0.6 is 0 Å². The summed E-state index contributed by atoms with van der Waals surface area (Å²) in [4.78, 5) is 0. The number of hydrogen-bond acceptors (Lipinski definition) is 0. The third-order valence-electron chi connectivity index (χ3n) is 5.01. The van der Waals surface area contributed by atoms with E-state index < -0.39 is 0 Å². The molecule has 0 aromatic heterocycles. The molecule has 0 saturated heterocycles. The van der Waals surface area contributed by atoms with E-state index in [0.29, 0.717) is 0 Å². The van der Waals surface area contributed by atoms with Crippen LogP contribution in [0.4, 0.5) is 0 Å². The zero-order chi connectivity index (χ0) is 14.8. The molecule has 0 spiro atoms. The molecule has 4 aromatic carbocycles. The van der Waals surface area contributed by atoms with Crippen molar-refractivity contribution in [3.05, 3.63) is 71.8 Å². The van der Waals surface area contributed by atoms with Crippen LogP contribution in [0.3, 0.4) is 0 Å². The summed E-state index contributed by atoms with van der Waals surface area (Å²) < 4.78 is 0. The van der Waals surface area contributed by atoms with Crippen LogP contribution in [-0.4, -0.2) is 0 Å². The van der Waals surface area contributed by atoms with Crippen LogP contribution in [0.1, 0.15) is 11.1 Å². The van der Waals surface area contributed by atoms with Crippen LogP contribution in [0.2, 0.25) is 0 Å². The average Bonchev–Trinajstić information content (AvgIpc) is 2.86. The highest BCUT2D eigenvalue weighted by molar-refractivity contribution is 6.24. The molecule has 0 saturated carbocycles. The number of aryl methyl sites for hydroxylation is 2. The maximum absolute atomic E-state index is 2.37. The monoisotopic (exact) mass is 280 g/mol. The van der Waals surface area contributed by atoms with E-state index in [1.807, 2.05) is 0 Å². The van der Waals surface area contributed by atoms with Crippen LogP contribution in [0, 0.1) is 13.8 Å². The summed E-state index contributed by atoms with van der Waals surface area (Å²) in [5.74, 6) is 0. The smallest absolute Gasteiger partial charge is 0.00146 e. The van der Waals surface area contributed by atoms with Crippen LogP contribution in [0.15, 0.2) is 60.7 Å². The number of benzene rings is 4. The fraction of sp³-hybridized carbons (Fsp3) is 0.0909. The molecule has 104 valence electrons. The van der Waals surface area contributed by atoms with Gasteiger partial charge in [0.1, 0.15) is 0 Å². The molecule has 0 N–H and O–H groups in total. The molecule has 0 nitrogen and oxygen atoms in total. The fourth-order valence-electron chi connectivity index (χ4n) is 4.18. The second kappa shape index (κ2) is 3.98. The van der Waals surface area contributed by atoms with Gasteiger partial charge in [0.2, 0.25) is 0 Å². The quantitative estimate of drug-likeness (QED) is 0.294. The van der Waals surface area contributed by atoms with Crippen molar-refractivity contribution in [2.45, 2.75) is 13.8 Å². The fourth-order valence-corrected chi connectivity index (χ4v) is 4.18. The molecule has 5 rings (SSSR count). The average molecular weight is 280 g/mol. The van der Waals surface area contributed by atoms with Gasteiger partial charge in [0.25, 0.3) is 0 Å². The van der Waals surface area contributed by atoms with Gasteiger partial charge in [-0.1, -0.05) is 54.6 Å². The van der Waals surface area contributed by atoms with Gasteiger partial charge in [-0.15, -0.1) is 0 Å². The van der Waals surface area contributed by atoms with Crippen molar-refractivity contribution >= 4 is 21.5 Å². The molecule has 0 fully saturated rings. The van der Waals surface area contributed by atoms with E-state index in [-0.39, 0.29) is 0 Å². The summed E-state index contributed by atoms with van der Waals surface area (Å²) in [7, 11) is 0. The first-order chi connectivity index (χ1) is 10.8. The number of fused-ring (bicyclic) bond motifs is 5. The van der Waals surface area contributed by atoms with Crippen molar-refractivity contribution in [3.8, 4) is 22.3 Å². The van der Waals surface area contributed by atoms with Crippen molar-refractivity contribution < 1.29 is 0 Å². The van der Waals surface area contributed by atoms with E-state index in [2.05, 4.69) is 74.5 Å². The van der Waals surface area contributed by atoms with Gasteiger partial charge in [0, 0.05) is 0 Å². The van der Waals surface area contributed by atoms with Gasteiger partial charge in [-0.05, 0) is 74.8 Å².